The lowest BCUT2D eigenvalue weighted by atomic mass is 9.68. The number of pyridine rings is 1. The Bertz CT molecular complexity index is 1210. The highest BCUT2D eigenvalue weighted by atomic mass is 16.6. The second-order valence-electron chi connectivity index (χ2n) is 9.22. The van der Waals surface area contributed by atoms with Crippen LogP contribution in [0, 0.1) is 16.7 Å². The molecular weight excluding hydrogens is 406 g/mol. The molecule has 2 fully saturated rings. The van der Waals surface area contributed by atoms with Gasteiger partial charge in [0.2, 0.25) is 0 Å². The molecule has 2 aromatic heterocycles. The van der Waals surface area contributed by atoms with Crippen molar-refractivity contribution in [2.45, 2.75) is 44.8 Å². The molecule has 32 heavy (non-hydrogen) atoms. The number of amides is 1. The Hall–Kier alpha value is -3.60. The second-order valence-corrected chi connectivity index (χ2v) is 9.22. The molecule has 8 heteroatoms. The lowest BCUT2D eigenvalue weighted by molar-refractivity contribution is -0.0264. The van der Waals surface area contributed by atoms with Crippen LogP contribution in [0.3, 0.4) is 0 Å². The normalized spacial score (nSPS) is 25.2. The number of anilines is 1. The van der Waals surface area contributed by atoms with Gasteiger partial charge in [-0.2, -0.15) is 5.26 Å². The molecule has 1 saturated heterocycles. The van der Waals surface area contributed by atoms with E-state index < -0.39 is 5.60 Å². The Balaban J connectivity index is 1.38. The molecule has 0 radical (unpaired) electrons. The number of benzene rings is 1. The van der Waals surface area contributed by atoms with Crippen LogP contribution in [0.2, 0.25) is 0 Å². The molecule has 1 amide bonds. The average Bonchev–Trinajstić information content (AvgIpc) is 3.33. The Labute approximate surface area is 186 Å². The van der Waals surface area contributed by atoms with Gasteiger partial charge in [-0.25, -0.2) is 14.8 Å². The van der Waals surface area contributed by atoms with Gasteiger partial charge in [0.1, 0.15) is 17.2 Å². The molecule has 1 aliphatic heterocycles. The largest absolute Gasteiger partial charge is 0.495 e. The minimum Gasteiger partial charge on any atom is -0.495 e. The van der Waals surface area contributed by atoms with E-state index in [0.717, 1.165) is 43.3 Å². The maximum absolute atomic E-state index is 12.8. The summed E-state index contributed by atoms with van der Waals surface area (Å²) in [5.41, 5.74) is 1.86. The summed E-state index contributed by atoms with van der Waals surface area (Å²) in [7, 11) is 1.59. The van der Waals surface area contributed by atoms with Gasteiger partial charge < -0.3 is 14.0 Å². The van der Waals surface area contributed by atoms with Gasteiger partial charge in [0, 0.05) is 6.54 Å². The summed E-state index contributed by atoms with van der Waals surface area (Å²) in [6.07, 6.45) is 6.71. The van der Waals surface area contributed by atoms with E-state index in [0.29, 0.717) is 23.7 Å². The zero-order valence-electron chi connectivity index (χ0n) is 18.2. The van der Waals surface area contributed by atoms with E-state index in [2.05, 4.69) is 27.5 Å². The SMILES string of the molecule is COc1ccc(N2C[C@@]3(CCC[C@](C)(Cn4cnc5ccc(C#N)cc54)C3)OC2=O)nc1. The van der Waals surface area contributed by atoms with Gasteiger partial charge in [0.15, 0.2) is 0 Å². The van der Waals surface area contributed by atoms with E-state index in [1.165, 1.54) is 0 Å². The van der Waals surface area contributed by atoms with Gasteiger partial charge in [-0.15, -0.1) is 0 Å². The summed E-state index contributed by atoms with van der Waals surface area (Å²) in [6.45, 7) is 3.48. The number of methoxy groups -OCH3 is 1. The van der Waals surface area contributed by atoms with E-state index in [9.17, 15) is 10.1 Å². The molecule has 2 atom stereocenters. The summed E-state index contributed by atoms with van der Waals surface area (Å²) in [5, 5.41) is 9.27. The quantitative estimate of drug-likeness (QED) is 0.612. The van der Waals surface area contributed by atoms with Gasteiger partial charge >= 0.3 is 6.09 Å². The van der Waals surface area contributed by atoms with Crippen molar-refractivity contribution in [1.82, 2.24) is 14.5 Å². The molecular formula is C24H25N5O3. The predicted octanol–water partition coefficient (Wildman–Crippen LogP) is 4.29. The summed E-state index contributed by atoms with van der Waals surface area (Å²) < 4.78 is 13.3. The van der Waals surface area contributed by atoms with Gasteiger partial charge in [-0.3, -0.25) is 4.90 Å². The molecule has 8 nitrogen and oxygen atoms in total. The van der Waals surface area contributed by atoms with Crippen LogP contribution < -0.4 is 9.64 Å². The number of rotatable bonds is 4. The van der Waals surface area contributed by atoms with Crippen LogP contribution in [0.1, 0.15) is 38.2 Å². The first-order valence-corrected chi connectivity index (χ1v) is 10.8. The Morgan fingerprint density at radius 3 is 2.88 bits per heavy atom. The molecule has 1 saturated carbocycles. The average molecular weight is 431 g/mol. The summed E-state index contributed by atoms with van der Waals surface area (Å²) in [6, 6.07) is 11.3. The van der Waals surface area contributed by atoms with Gasteiger partial charge in [0.05, 0.1) is 48.8 Å². The number of aromatic nitrogens is 3. The number of carbonyl (C=O) groups is 1. The number of nitrogens with zero attached hydrogens (tertiary/aromatic N) is 5. The van der Waals surface area contributed by atoms with Crippen molar-refractivity contribution >= 4 is 22.9 Å². The van der Waals surface area contributed by atoms with Crippen LogP contribution in [-0.2, 0) is 11.3 Å². The number of hydrogen-bond acceptors (Lipinski definition) is 6. The molecule has 2 aliphatic rings. The van der Waals surface area contributed by atoms with Crippen LogP contribution in [0.15, 0.2) is 42.9 Å². The first kappa shape index (κ1) is 20.3. The zero-order valence-corrected chi connectivity index (χ0v) is 18.2. The van der Waals surface area contributed by atoms with E-state index >= 15 is 0 Å². The molecule has 0 unspecified atom stereocenters. The van der Waals surface area contributed by atoms with Crippen molar-refractivity contribution in [3.05, 3.63) is 48.4 Å². The molecule has 1 aromatic carbocycles. The number of imidazole rings is 1. The van der Waals surface area contributed by atoms with Crippen LogP contribution in [0.5, 0.6) is 5.75 Å². The van der Waals surface area contributed by atoms with Gasteiger partial charge in [-0.1, -0.05) is 6.92 Å². The maximum atomic E-state index is 12.8. The number of hydrogen-bond donors (Lipinski definition) is 0. The Kier molecular flexibility index (Phi) is 4.77. The fraction of sp³-hybridized carbons (Fsp3) is 0.417. The smallest absolute Gasteiger partial charge is 0.416 e. The second kappa shape index (κ2) is 7.52. The third kappa shape index (κ3) is 3.54. The Morgan fingerprint density at radius 1 is 1.25 bits per heavy atom. The minimum atomic E-state index is -0.528. The van der Waals surface area contributed by atoms with E-state index in [1.54, 1.807) is 36.4 Å². The first-order valence-electron chi connectivity index (χ1n) is 10.8. The van der Waals surface area contributed by atoms with Gasteiger partial charge in [0.25, 0.3) is 0 Å². The van der Waals surface area contributed by atoms with Crippen LogP contribution in [0.4, 0.5) is 10.6 Å². The maximum Gasteiger partial charge on any atom is 0.416 e. The molecule has 0 N–H and O–H groups in total. The third-order valence-corrected chi connectivity index (χ3v) is 6.67. The first-order chi connectivity index (χ1) is 15.4. The molecule has 5 rings (SSSR count). The van der Waals surface area contributed by atoms with E-state index in [-0.39, 0.29) is 11.5 Å². The zero-order chi connectivity index (χ0) is 22.3. The Morgan fingerprint density at radius 2 is 2.12 bits per heavy atom. The fourth-order valence-corrected chi connectivity index (χ4v) is 5.27. The molecule has 1 aliphatic carbocycles. The summed E-state index contributed by atoms with van der Waals surface area (Å²) >= 11 is 0. The van der Waals surface area contributed by atoms with Crippen molar-refractivity contribution in [3.8, 4) is 11.8 Å². The fourth-order valence-electron chi connectivity index (χ4n) is 5.27. The third-order valence-electron chi connectivity index (χ3n) is 6.67. The number of nitriles is 1. The van der Waals surface area contributed by atoms with Crippen molar-refractivity contribution in [2.24, 2.45) is 5.41 Å². The highest BCUT2D eigenvalue weighted by Gasteiger charge is 2.52. The standard InChI is InChI=1S/C24H25N5O3/c1-23(14-28-16-27-19-6-4-17(11-25)10-20(19)28)8-3-9-24(13-23)15-29(22(30)32-24)21-7-5-18(31-2)12-26-21/h4-7,10,12,16H,3,8-9,13-15H2,1-2H3/t23-,24-/m0/s1. The summed E-state index contributed by atoms with van der Waals surface area (Å²) in [4.78, 5) is 23.3. The lowest BCUT2D eigenvalue weighted by Crippen LogP contribution is -2.45. The van der Waals surface area contributed by atoms with Crippen LogP contribution in [-0.4, -0.2) is 39.9 Å². The van der Waals surface area contributed by atoms with E-state index in [1.807, 2.05) is 18.5 Å². The number of fused-ring (bicyclic) bond motifs is 1. The molecule has 3 heterocycles. The molecule has 164 valence electrons. The topological polar surface area (TPSA) is 93.3 Å². The predicted molar refractivity (Wildman–Crippen MR) is 118 cm³/mol. The molecule has 1 spiro atoms. The number of carbonyl (C=O) groups excluding carboxylic acids is 1. The minimum absolute atomic E-state index is 0.0713. The van der Waals surface area contributed by atoms with Gasteiger partial charge in [-0.05, 0) is 61.4 Å². The summed E-state index contributed by atoms with van der Waals surface area (Å²) in [5.74, 6) is 1.22. The van der Waals surface area contributed by atoms with Crippen molar-refractivity contribution in [1.29, 1.82) is 5.26 Å². The van der Waals surface area contributed by atoms with Crippen molar-refractivity contribution in [2.75, 3.05) is 18.6 Å². The number of ether oxygens (including phenoxy) is 2. The van der Waals surface area contributed by atoms with Crippen LogP contribution >= 0.6 is 0 Å². The highest BCUT2D eigenvalue weighted by molar-refractivity contribution is 5.89. The lowest BCUT2D eigenvalue weighted by Gasteiger charge is -2.43. The molecule has 3 aromatic rings. The monoisotopic (exact) mass is 431 g/mol. The van der Waals surface area contributed by atoms with Crippen molar-refractivity contribution < 1.29 is 14.3 Å². The van der Waals surface area contributed by atoms with Crippen molar-refractivity contribution in [3.63, 3.8) is 0 Å². The van der Waals surface area contributed by atoms with Crippen LogP contribution in [0.25, 0.3) is 11.0 Å². The highest BCUT2D eigenvalue weighted by Crippen LogP contribution is 2.47. The molecule has 0 bridgehead atoms. The van der Waals surface area contributed by atoms with E-state index in [4.69, 9.17) is 9.47 Å².